The van der Waals surface area contributed by atoms with Gasteiger partial charge in [-0.2, -0.15) is 0 Å². The highest BCUT2D eigenvalue weighted by atomic mass is 16.6. The van der Waals surface area contributed by atoms with Gasteiger partial charge in [-0.3, -0.25) is 24.2 Å². The molecule has 0 N–H and O–H groups in total. The summed E-state index contributed by atoms with van der Waals surface area (Å²) in [6.07, 6.45) is 0.581. The van der Waals surface area contributed by atoms with E-state index in [2.05, 4.69) is 6.58 Å². The van der Waals surface area contributed by atoms with Gasteiger partial charge in [-0.15, -0.1) is 0 Å². The van der Waals surface area contributed by atoms with Crippen LogP contribution in [0.3, 0.4) is 0 Å². The van der Waals surface area contributed by atoms with Gasteiger partial charge in [0.25, 0.3) is 11.8 Å². The Morgan fingerprint density at radius 3 is 2.24 bits per heavy atom. The minimum atomic E-state index is -2.00. The zero-order valence-electron chi connectivity index (χ0n) is 21.3. The Morgan fingerprint density at radius 1 is 1.03 bits per heavy atom. The third-order valence-electron chi connectivity index (χ3n) is 5.53. The molecule has 0 aliphatic carbocycles. The molecule has 9 nitrogen and oxygen atoms in total. The molecule has 2 aromatic rings. The van der Waals surface area contributed by atoms with E-state index < -0.39 is 48.2 Å². The molecule has 1 unspecified atom stereocenters. The van der Waals surface area contributed by atoms with Gasteiger partial charge >= 0.3 is 12.1 Å². The summed E-state index contributed by atoms with van der Waals surface area (Å²) in [7, 11) is 0. The number of hydrogen-bond acceptors (Lipinski definition) is 7. The maximum Gasteiger partial charge on any atom is 0.411 e. The second kappa shape index (κ2) is 11.8. The number of esters is 1. The lowest BCUT2D eigenvalue weighted by atomic mass is 9.84. The minimum Gasteiger partial charge on any atom is -0.461 e. The molecule has 196 valence electrons. The lowest BCUT2D eigenvalue weighted by Crippen LogP contribution is -2.66. The van der Waals surface area contributed by atoms with Crippen LogP contribution in [0.2, 0.25) is 0 Å². The van der Waals surface area contributed by atoms with Gasteiger partial charge in [-0.1, -0.05) is 61.2 Å². The third-order valence-corrected chi connectivity index (χ3v) is 5.53. The first-order valence-electron chi connectivity index (χ1n) is 11.9. The van der Waals surface area contributed by atoms with Crippen molar-refractivity contribution in [2.45, 2.75) is 33.0 Å². The van der Waals surface area contributed by atoms with Crippen molar-refractivity contribution < 1.29 is 33.4 Å². The van der Waals surface area contributed by atoms with Crippen molar-refractivity contribution in [1.29, 1.82) is 0 Å². The van der Waals surface area contributed by atoms with E-state index in [0.29, 0.717) is 0 Å². The van der Waals surface area contributed by atoms with Gasteiger partial charge in [-0.05, 0) is 38.5 Å². The van der Waals surface area contributed by atoms with Crippen LogP contribution in [0.5, 0.6) is 0 Å². The average Bonchev–Trinajstić information content (AvgIpc) is 2.88. The number of benzene rings is 2. The molecule has 1 heterocycles. The number of carbonyl (C=O) groups is 4. The zero-order chi connectivity index (χ0) is 27.1. The SMILES string of the molecule is C=CCOC(=O)C1(COCc2ccccc2)CN(C(=O)OC(C)(C)C)CN(C(=O)c2ccccc2)C1=O. The molecule has 3 rings (SSSR count). The summed E-state index contributed by atoms with van der Waals surface area (Å²) < 4.78 is 16.6. The van der Waals surface area contributed by atoms with Gasteiger partial charge in [-0.25, -0.2) is 4.79 Å². The predicted octanol–water partition coefficient (Wildman–Crippen LogP) is 3.80. The first-order chi connectivity index (χ1) is 17.6. The van der Waals surface area contributed by atoms with E-state index in [1.807, 2.05) is 30.3 Å². The molecule has 1 saturated heterocycles. The summed E-state index contributed by atoms with van der Waals surface area (Å²) in [5.74, 6) is -2.41. The number of amides is 3. The van der Waals surface area contributed by atoms with Crippen molar-refractivity contribution in [3.8, 4) is 0 Å². The Morgan fingerprint density at radius 2 is 1.65 bits per heavy atom. The molecule has 1 fully saturated rings. The van der Waals surface area contributed by atoms with E-state index in [4.69, 9.17) is 14.2 Å². The summed E-state index contributed by atoms with van der Waals surface area (Å²) in [5, 5.41) is 0. The Bertz CT molecular complexity index is 1130. The van der Waals surface area contributed by atoms with Gasteiger partial charge in [0, 0.05) is 5.56 Å². The monoisotopic (exact) mass is 508 g/mol. The van der Waals surface area contributed by atoms with Crippen molar-refractivity contribution in [3.63, 3.8) is 0 Å². The second-order valence-electron chi connectivity index (χ2n) is 9.67. The van der Waals surface area contributed by atoms with Gasteiger partial charge < -0.3 is 14.2 Å². The van der Waals surface area contributed by atoms with Crippen LogP contribution in [-0.2, 0) is 30.4 Å². The van der Waals surface area contributed by atoms with Crippen molar-refractivity contribution in [2.75, 3.05) is 26.4 Å². The fourth-order valence-corrected chi connectivity index (χ4v) is 3.79. The van der Waals surface area contributed by atoms with Crippen molar-refractivity contribution in [3.05, 3.63) is 84.4 Å². The molecule has 0 saturated carbocycles. The minimum absolute atomic E-state index is 0.101. The number of imide groups is 1. The fraction of sp³-hybridized carbons (Fsp3) is 0.357. The molecule has 0 bridgehead atoms. The van der Waals surface area contributed by atoms with E-state index in [0.717, 1.165) is 15.4 Å². The van der Waals surface area contributed by atoms with E-state index in [-0.39, 0.29) is 25.3 Å². The molecule has 0 spiro atoms. The summed E-state index contributed by atoms with van der Waals surface area (Å²) in [5.41, 5.74) is -1.80. The van der Waals surface area contributed by atoms with Crippen LogP contribution in [0.4, 0.5) is 4.79 Å². The van der Waals surface area contributed by atoms with E-state index >= 15 is 0 Å². The van der Waals surface area contributed by atoms with Crippen LogP contribution in [0.15, 0.2) is 73.3 Å². The van der Waals surface area contributed by atoms with E-state index in [1.54, 1.807) is 51.1 Å². The molecule has 1 aliphatic rings. The molecule has 9 heteroatoms. The van der Waals surface area contributed by atoms with Crippen molar-refractivity contribution in [1.82, 2.24) is 9.80 Å². The third kappa shape index (κ3) is 6.83. The number of rotatable bonds is 8. The van der Waals surface area contributed by atoms with Gasteiger partial charge in [0.15, 0.2) is 5.41 Å². The lowest BCUT2D eigenvalue weighted by Gasteiger charge is -2.44. The Hall–Kier alpha value is -3.98. The predicted molar refractivity (Wildman–Crippen MR) is 135 cm³/mol. The van der Waals surface area contributed by atoms with Crippen LogP contribution in [0, 0.1) is 5.41 Å². The molecule has 3 amide bonds. The highest BCUT2D eigenvalue weighted by Crippen LogP contribution is 2.32. The standard InChI is InChI=1S/C28H32N2O7/c1-5-16-36-25(33)28(19-35-17-21-12-8-6-9-13-21)18-29(26(34)37-27(2,3)4)20-30(24(28)32)23(31)22-14-10-7-11-15-22/h5-15H,1,16-20H2,2-4H3. The van der Waals surface area contributed by atoms with Crippen LogP contribution in [0.1, 0.15) is 36.7 Å². The molecule has 1 aliphatic heterocycles. The van der Waals surface area contributed by atoms with E-state index in [1.165, 1.54) is 6.08 Å². The Balaban J connectivity index is 2.00. The molecule has 1 atom stereocenters. The second-order valence-corrected chi connectivity index (χ2v) is 9.67. The molecular weight excluding hydrogens is 476 g/mol. The number of nitrogens with zero attached hydrogens (tertiary/aromatic N) is 2. The molecule has 2 aromatic carbocycles. The Kier molecular flexibility index (Phi) is 8.83. The van der Waals surface area contributed by atoms with Crippen LogP contribution in [0.25, 0.3) is 0 Å². The zero-order valence-corrected chi connectivity index (χ0v) is 21.3. The van der Waals surface area contributed by atoms with Crippen LogP contribution >= 0.6 is 0 Å². The first kappa shape index (κ1) is 27.6. The quantitative estimate of drug-likeness (QED) is 0.231. The van der Waals surface area contributed by atoms with Crippen LogP contribution in [-0.4, -0.2) is 65.7 Å². The largest absolute Gasteiger partial charge is 0.461 e. The highest BCUT2D eigenvalue weighted by molar-refractivity contribution is 6.13. The van der Waals surface area contributed by atoms with Gasteiger partial charge in [0.05, 0.1) is 19.8 Å². The topological polar surface area (TPSA) is 102 Å². The molecule has 0 radical (unpaired) electrons. The summed E-state index contributed by atoms with van der Waals surface area (Å²) in [6.45, 7) is 7.37. The Labute approximate surface area is 216 Å². The smallest absolute Gasteiger partial charge is 0.411 e. The molecular formula is C28H32N2O7. The summed E-state index contributed by atoms with van der Waals surface area (Å²) in [6, 6.07) is 17.3. The van der Waals surface area contributed by atoms with E-state index in [9.17, 15) is 19.2 Å². The normalized spacial score (nSPS) is 17.8. The van der Waals surface area contributed by atoms with Gasteiger partial charge in [0.1, 0.15) is 18.9 Å². The lowest BCUT2D eigenvalue weighted by molar-refractivity contribution is -0.175. The van der Waals surface area contributed by atoms with Crippen molar-refractivity contribution in [2.24, 2.45) is 5.41 Å². The number of carbonyl (C=O) groups excluding carboxylic acids is 4. The number of hydrogen-bond donors (Lipinski definition) is 0. The fourth-order valence-electron chi connectivity index (χ4n) is 3.79. The molecule has 0 aromatic heterocycles. The maximum absolute atomic E-state index is 13.9. The number of ether oxygens (including phenoxy) is 3. The van der Waals surface area contributed by atoms with Crippen LogP contribution < -0.4 is 0 Å². The maximum atomic E-state index is 13.9. The van der Waals surface area contributed by atoms with Gasteiger partial charge in [0.2, 0.25) is 0 Å². The molecule has 37 heavy (non-hydrogen) atoms. The summed E-state index contributed by atoms with van der Waals surface area (Å²) >= 11 is 0. The summed E-state index contributed by atoms with van der Waals surface area (Å²) in [4.78, 5) is 55.8. The van der Waals surface area contributed by atoms with Crippen molar-refractivity contribution >= 4 is 23.9 Å². The average molecular weight is 509 g/mol. The first-order valence-corrected chi connectivity index (χ1v) is 11.9. The highest BCUT2D eigenvalue weighted by Gasteiger charge is 2.57.